The Morgan fingerprint density at radius 1 is 1.46 bits per heavy atom. The van der Waals surface area contributed by atoms with Crippen LogP contribution in [0.15, 0.2) is 23.2 Å². The molecule has 26 heavy (non-hydrogen) atoms. The average molecular weight is 361 g/mol. The van der Waals surface area contributed by atoms with Crippen molar-refractivity contribution in [3.63, 3.8) is 0 Å². The molecule has 3 rings (SSSR count). The van der Waals surface area contributed by atoms with Gasteiger partial charge in [-0.3, -0.25) is 9.89 Å². The molecule has 2 aliphatic rings. The van der Waals surface area contributed by atoms with Gasteiger partial charge < -0.3 is 14.7 Å². The molecule has 0 spiro atoms. The van der Waals surface area contributed by atoms with Gasteiger partial charge in [0, 0.05) is 44.3 Å². The summed E-state index contributed by atoms with van der Waals surface area (Å²) in [6, 6.07) is 5.54. The van der Waals surface area contributed by atoms with Crippen LogP contribution in [0, 0.1) is 0 Å². The van der Waals surface area contributed by atoms with Crippen molar-refractivity contribution >= 4 is 5.84 Å². The summed E-state index contributed by atoms with van der Waals surface area (Å²) in [5.74, 6) is 1.27. The molecule has 0 aliphatic carbocycles. The molecule has 0 amide bonds. The molecule has 2 saturated heterocycles. The van der Waals surface area contributed by atoms with Crippen LogP contribution in [0.4, 0.5) is 0 Å². The number of nitrogens with zero attached hydrogens (tertiary/aromatic N) is 4. The Morgan fingerprint density at radius 3 is 2.88 bits per heavy atom. The number of aliphatic imine (C=N–C) groups is 1. The minimum atomic E-state index is -0.0236. The monoisotopic (exact) mass is 360 g/mol. The minimum Gasteiger partial charge on any atom is -0.493 e. The van der Waals surface area contributed by atoms with Crippen molar-refractivity contribution in [3.8, 4) is 5.88 Å². The number of aromatic nitrogens is 1. The normalized spacial score (nSPS) is 26.7. The van der Waals surface area contributed by atoms with Crippen LogP contribution >= 0.6 is 0 Å². The van der Waals surface area contributed by atoms with E-state index in [1.807, 2.05) is 12.1 Å². The van der Waals surface area contributed by atoms with Gasteiger partial charge in [-0.15, -0.1) is 0 Å². The van der Waals surface area contributed by atoms with Crippen molar-refractivity contribution in [2.45, 2.75) is 45.1 Å². The first-order chi connectivity index (χ1) is 12.5. The van der Waals surface area contributed by atoms with E-state index in [1.165, 1.54) is 5.84 Å². The molecule has 2 atom stereocenters. The Morgan fingerprint density at radius 2 is 2.27 bits per heavy atom. The lowest BCUT2D eigenvalue weighted by Crippen LogP contribution is -2.46. The van der Waals surface area contributed by atoms with Gasteiger partial charge in [-0.2, -0.15) is 0 Å². The van der Waals surface area contributed by atoms with E-state index in [0.29, 0.717) is 6.10 Å². The van der Waals surface area contributed by atoms with Crippen molar-refractivity contribution in [1.82, 2.24) is 14.8 Å². The molecule has 3 heterocycles. The number of hydrogen-bond acceptors (Lipinski definition) is 5. The van der Waals surface area contributed by atoms with Crippen LogP contribution in [-0.2, 0) is 10.2 Å². The Balaban J connectivity index is 1.65. The van der Waals surface area contributed by atoms with Crippen LogP contribution in [0.25, 0.3) is 0 Å². The van der Waals surface area contributed by atoms with Crippen LogP contribution < -0.4 is 0 Å². The highest BCUT2D eigenvalue weighted by Crippen LogP contribution is 2.33. The fourth-order valence-electron chi connectivity index (χ4n) is 3.88. The highest BCUT2D eigenvalue weighted by Gasteiger charge is 2.37. The Bertz CT molecular complexity index is 632. The first-order valence-corrected chi connectivity index (χ1v) is 9.83. The molecular weight excluding hydrogens is 328 g/mol. The molecule has 0 saturated carbocycles. The summed E-state index contributed by atoms with van der Waals surface area (Å²) >= 11 is 0. The van der Waals surface area contributed by atoms with E-state index in [9.17, 15) is 5.11 Å². The van der Waals surface area contributed by atoms with Gasteiger partial charge in [-0.05, 0) is 39.3 Å². The second-order valence-electron chi connectivity index (χ2n) is 7.61. The molecule has 0 radical (unpaired) electrons. The molecule has 1 unspecified atom stereocenters. The molecule has 1 aromatic heterocycles. The molecule has 1 N–H and O–H groups in total. The molecular formula is C20H32N4O2. The van der Waals surface area contributed by atoms with Gasteiger partial charge in [0.2, 0.25) is 5.88 Å². The summed E-state index contributed by atoms with van der Waals surface area (Å²) < 4.78 is 5.62. The molecule has 0 bridgehead atoms. The third-order valence-electron chi connectivity index (χ3n) is 5.57. The van der Waals surface area contributed by atoms with Gasteiger partial charge >= 0.3 is 0 Å². The maximum absolute atomic E-state index is 9.72. The number of rotatable bonds is 7. The van der Waals surface area contributed by atoms with Crippen LogP contribution in [-0.4, -0.2) is 77.7 Å². The predicted molar refractivity (Wildman–Crippen MR) is 104 cm³/mol. The van der Waals surface area contributed by atoms with Gasteiger partial charge in [0.1, 0.15) is 5.84 Å². The lowest BCUT2D eigenvalue weighted by molar-refractivity contribution is -0.0588. The lowest BCUT2D eigenvalue weighted by atomic mass is 9.85. The van der Waals surface area contributed by atoms with Gasteiger partial charge in [-0.25, -0.2) is 4.98 Å². The van der Waals surface area contributed by atoms with Crippen LogP contribution in [0.5, 0.6) is 5.88 Å². The fourth-order valence-corrected chi connectivity index (χ4v) is 3.88. The maximum Gasteiger partial charge on any atom is 0.210 e. The predicted octanol–water partition coefficient (Wildman–Crippen LogP) is 2.28. The minimum absolute atomic E-state index is 0.0236. The Hall–Kier alpha value is -1.66. The number of aromatic hydroxyl groups is 1. The molecule has 2 aliphatic heterocycles. The summed E-state index contributed by atoms with van der Waals surface area (Å²) in [6.07, 6.45) is 2.55. The number of pyridine rings is 1. The zero-order valence-corrected chi connectivity index (χ0v) is 16.3. The van der Waals surface area contributed by atoms with E-state index < -0.39 is 0 Å². The molecule has 144 valence electrons. The number of hydrogen-bond donors (Lipinski definition) is 1. The first kappa shape index (κ1) is 19.1. The van der Waals surface area contributed by atoms with E-state index in [1.54, 1.807) is 6.07 Å². The number of amidine groups is 1. The van der Waals surface area contributed by atoms with E-state index in [4.69, 9.17) is 9.73 Å². The van der Waals surface area contributed by atoms with Gasteiger partial charge in [0.05, 0.1) is 18.3 Å². The molecule has 2 fully saturated rings. The van der Waals surface area contributed by atoms with Crippen molar-refractivity contribution in [3.05, 3.63) is 23.9 Å². The van der Waals surface area contributed by atoms with E-state index in [-0.39, 0.29) is 11.3 Å². The Kier molecular flexibility index (Phi) is 6.14. The van der Waals surface area contributed by atoms with Crippen LogP contribution in [0.1, 0.15) is 39.3 Å². The lowest BCUT2D eigenvalue weighted by Gasteiger charge is -2.35. The average Bonchev–Trinajstić information content (AvgIpc) is 2.96. The number of ether oxygens (including phenoxy) is 1. The highest BCUT2D eigenvalue weighted by atomic mass is 16.5. The van der Waals surface area contributed by atoms with Crippen molar-refractivity contribution in [2.24, 2.45) is 4.99 Å². The summed E-state index contributed by atoms with van der Waals surface area (Å²) in [6.45, 7) is 12.9. The van der Waals surface area contributed by atoms with E-state index in [0.717, 1.165) is 64.4 Å². The molecule has 6 nitrogen and oxygen atoms in total. The van der Waals surface area contributed by atoms with E-state index >= 15 is 0 Å². The largest absolute Gasteiger partial charge is 0.493 e. The highest BCUT2D eigenvalue weighted by molar-refractivity contribution is 5.84. The maximum atomic E-state index is 9.72. The molecule has 1 aromatic rings. The zero-order chi connectivity index (χ0) is 18.6. The number of likely N-dealkylation sites (tertiary alicyclic amines) is 1. The number of likely N-dealkylation sites (N-methyl/N-ethyl adjacent to an activating group) is 1. The fraction of sp³-hybridized carbons (Fsp3) is 0.700. The third-order valence-corrected chi connectivity index (χ3v) is 5.57. The van der Waals surface area contributed by atoms with Crippen molar-refractivity contribution in [1.29, 1.82) is 0 Å². The summed E-state index contributed by atoms with van der Waals surface area (Å²) in [4.78, 5) is 14.0. The van der Waals surface area contributed by atoms with Crippen molar-refractivity contribution in [2.75, 3.05) is 45.9 Å². The quantitative estimate of drug-likeness (QED) is 0.597. The SMILES string of the molecule is CC/N=C(/CN1CCC(C)(c2cccc(O)n2)C1)N(CC)C[C@@H]1CCO1. The van der Waals surface area contributed by atoms with Gasteiger partial charge in [0.25, 0.3) is 0 Å². The summed E-state index contributed by atoms with van der Waals surface area (Å²) in [5.41, 5.74) is 0.952. The molecule has 6 heteroatoms. The van der Waals surface area contributed by atoms with Gasteiger partial charge in [-0.1, -0.05) is 13.0 Å². The topological polar surface area (TPSA) is 61.2 Å². The van der Waals surface area contributed by atoms with Crippen LogP contribution in [0.2, 0.25) is 0 Å². The third kappa shape index (κ3) is 4.35. The smallest absolute Gasteiger partial charge is 0.210 e. The Labute approximate surface area is 156 Å². The standard InChI is InChI=1S/C20H32N4O2/c1-4-21-18(24(5-2)13-16-9-12-26-16)14-23-11-10-20(3,15-23)17-7-6-8-19(25)22-17/h6-8,16H,4-5,9-15H2,1-3H3,(H,22,25)/b21-18-/t16-,20?/m0/s1. The zero-order valence-electron chi connectivity index (χ0n) is 16.3. The second kappa shape index (κ2) is 8.35. The molecule has 0 aromatic carbocycles. The first-order valence-electron chi connectivity index (χ1n) is 9.83. The second-order valence-corrected chi connectivity index (χ2v) is 7.61. The van der Waals surface area contributed by atoms with Crippen molar-refractivity contribution < 1.29 is 9.84 Å². The van der Waals surface area contributed by atoms with E-state index in [2.05, 4.69) is 35.6 Å². The summed E-state index contributed by atoms with van der Waals surface area (Å²) in [5, 5.41) is 9.72. The summed E-state index contributed by atoms with van der Waals surface area (Å²) in [7, 11) is 0. The van der Waals surface area contributed by atoms with Gasteiger partial charge in [0.15, 0.2) is 0 Å². The van der Waals surface area contributed by atoms with Crippen LogP contribution in [0.3, 0.4) is 0 Å².